The average Bonchev–Trinajstić information content (AvgIpc) is 2.89. The van der Waals surface area contributed by atoms with Crippen LogP contribution in [0.4, 0.5) is 92.2 Å². The molecule has 1 aromatic carbocycles. The van der Waals surface area contributed by atoms with Gasteiger partial charge in [-0.15, -0.1) is 0 Å². The third kappa shape index (κ3) is 6.58. The number of alkyl halides is 21. The monoisotopic (exact) mass is 770 g/mol. The molecule has 0 saturated carbocycles. The van der Waals surface area contributed by atoms with Crippen molar-refractivity contribution in [3.05, 3.63) is 24.3 Å². The van der Waals surface area contributed by atoms with Crippen LogP contribution in [0.5, 0.6) is 5.75 Å². The second-order valence-corrected chi connectivity index (χ2v) is 11.1. The van der Waals surface area contributed by atoms with Crippen molar-refractivity contribution in [3.8, 4) is 5.75 Å². The minimum absolute atomic E-state index is 0. The van der Waals surface area contributed by atoms with Crippen LogP contribution in [0.3, 0.4) is 0 Å². The third-order valence-electron chi connectivity index (χ3n) is 5.97. The number of ether oxygens (including phenoxy) is 1. The molecule has 0 radical (unpaired) electrons. The van der Waals surface area contributed by atoms with Crippen molar-refractivity contribution in [2.24, 2.45) is 0 Å². The average molecular weight is 770 g/mol. The van der Waals surface area contributed by atoms with E-state index in [9.17, 15) is 101 Å². The maximum atomic E-state index is 14.4. The van der Waals surface area contributed by atoms with Gasteiger partial charge >= 0.3 is 88.4 Å². The van der Waals surface area contributed by atoms with Gasteiger partial charge in [-0.3, -0.25) is 0 Å². The van der Waals surface area contributed by atoms with E-state index in [-0.39, 0.29) is 48.3 Å². The topological polar surface area (TPSA) is 43.4 Å². The summed E-state index contributed by atoms with van der Waals surface area (Å²) in [6.45, 7) is 1.60. The number of sulfone groups is 1. The second kappa shape index (κ2) is 13.3. The van der Waals surface area contributed by atoms with E-state index in [1.807, 2.05) is 0 Å². The van der Waals surface area contributed by atoms with Gasteiger partial charge in [-0.2, -0.15) is 92.2 Å². The molecule has 0 aliphatic rings. The molecule has 0 unspecified atom stereocenters. The standard InChI is InChI=1S/C21H15F21O3S.Na.H/c1-2-3-4-9-45-10-5-7-11(8-6-10)46(43,44)21(41,42)19(36,37)17(32,33)15(28,29)13(24,25)12(22,23)14(26,27)16(30,31)18(34,35)20(38,39)40;;/h5-8H,2-4,9H2,1H3;;. The van der Waals surface area contributed by atoms with Crippen LogP contribution in [0.15, 0.2) is 29.2 Å². The van der Waals surface area contributed by atoms with E-state index in [4.69, 9.17) is 4.74 Å². The van der Waals surface area contributed by atoms with Crippen molar-refractivity contribution in [2.75, 3.05) is 6.61 Å². The van der Waals surface area contributed by atoms with Crippen molar-refractivity contribution in [1.29, 1.82) is 0 Å². The molecule has 0 bridgehead atoms. The van der Waals surface area contributed by atoms with Crippen LogP contribution >= 0.6 is 0 Å². The Bertz CT molecular complexity index is 1320. The SMILES string of the molecule is CCCCCOc1ccc(S(=O)(=O)C(F)(F)C(F)(F)C(F)(F)C(F)(F)C(F)(F)C(F)(F)C(F)(F)C(F)(F)C(F)(F)C(F)(F)F)cc1.[NaH]. The fourth-order valence-corrected chi connectivity index (χ4v) is 4.37. The number of hydrogen-bond acceptors (Lipinski definition) is 3. The molecule has 0 aliphatic carbocycles. The molecule has 0 atom stereocenters. The van der Waals surface area contributed by atoms with Crippen LogP contribution in [-0.2, 0) is 9.84 Å². The summed E-state index contributed by atoms with van der Waals surface area (Å²) in [5.41, 5.74) is 0. The van der Waals surface area contributed by atoms with Gasteiger partial charge in [0.2, 0.25) is 9.84 Å². The van der Waals surface area contributed by atoms with Gasteiger partial charge in [-0.05, 0) is 30.7 Å². The zero-order valence-electron chi connectivity index (χ0n) is 21.7. The maximum absolute atomic E-state index is 14.4. The summed E-state index contributed by atoms with van der Waals surface area (Å²) >= 11 is 0. The summed E-state index contributed by atoms with van der Waals surface area (Å²) in [5.74, 6) is -72.8. The van der Waals surface area contributed by atoms with E-state index < -0.39 is 79.3 Å². The molecule has 47 heavy (non-hydrogen) atoms. The Labute approximate surface area is 271 Å². The first-order valence-corrected chi connectivity index (χ1v) is 13.0. The van der Waals surface area contributed by atoms with Gasteiger partial charge in [0.15, 0.2) is 0 Å². The zero-order chi connectivity index (χ0) is 37.0. The van der Waals surface area contributed by atoms with E-state index in [0.29, 0.717) is 31.4 Å². The van der Waals surface area contributed by atoms with Gasteiger partial charge in [0.1, 0.15) is 5.75 Å². The Balaban J connectivity index is 0.0000212. The summed E-state index contributed by atoms with van der Waals surface area (Å²) in [5, 5.41) is -7.81. The van der Waals surface area contributed by atoms with Crippen LogP contribution in [0.1, 0.15) is 26.2 Å². The van der Waals surface area contributed by atoms with Gasteiger partial charge in [-0.1, -0.05) is 19.8 Å². The molecule has 0 fully saturated rings. The minimum atomic E-state index is -9.36. The molecule has 0 amide bonds. The second-order valence-electron chi connectivity index (χ2n) is 9.14. The van der Waals surface area contributed by atoms with Crippen LogP contribution in [-0.4, -0.2) is 103 Å². The first-order valence-electron chi connectivity index (χ1n) is 11.5. The number of hydrogen-bond donors (Lipinski definition) is 0. The summed E-state index contributed by atoms with van der Waals surface area (Å²) in [6, 6.07) is 0.509. The van der Waals surface area contributed by atoms with Gasteiger partial charge < -0.3 is 4.74 Å². The van der Waals surface area contributed by atoms with Gasteiger partial charge in [0.05, 0.1) is 11.5 Å². The summed E-state index contributed by atoms with van der Waals surface area (Å²) in [6.07, 6.45) is -6.56. The molecular formula is C21H16F21NaO3S. The van der Waals surface area contributed by atoms with Gasteiger partial charge in [-0.25, -0.2) is 8.42 Å². The van der Waals surface area contributed by atoms with Gasteiger partial charge in [0, 0.05) is 0 Å². The Morgan fingerprint density at radius 2 is 0.830 bits per heavy atom. The molecular weight excluding hydrogens is 754 g/mol. The van der Waals surface area contributed by atoms with Gasteiger partial charge in [0.25, 0.3) is 0 Å². The Kier molecular flexibility index (Phi) is 12.9. The van der Waals surface area contributed by atoms with E-state index in [0.717, 1.165) is 0 Å². The molecule has 3 nitrogen and oxygen atoms in total. The Morgan fingerprint density at radius 1 is 0.511 bits per heavy atom. The Hall–Kier alpha value is -1.50. The predicted octanol–water partition coefficient (Wildman–Crippen LogP) is 8.62. The summed E-state index contributed by atoms with van der Waals surface area (Å²) in [7, 11) is -7.53. The first kappa shape index (κ1) is 45.5. The molecule has 0 spiro atoms. The summed E-state index contributed by atoms with van der Waals surface area (Å²) < 4.78 is 313. The molecule has 0 aromatic heterocycles. The number of unbranched alkanes of at least 4 members (excludes halogenated alkanes) is 2. The molecule has 0 aliphatic heterocycles. The molecule has 0 N–H and O–H groups in total. The molecule has 0 heterocycles. The quantitative estimate of drug-likeness (QED) is 0.102. The van der Waals surface area contributed by atoms with E-state index in [1.54, 1.807) is 6.92 Å². The first-order chi connectivity index (χ1) is 20.0. The van der Waals surface area contributed by atoms with Crippen LogP contribution in [0.25, 0.3) is 0 Å². The molecule has 272 valence electrons. The number of halogens is 21. The predicted molar refractivity (Wildman–Crippen MR) is 116 cm³/mol. The van der Waals surface area contributed by atoms with E-state index >= 15 is 0 Å². The van der Waals surface area contributed by atoms with Crippen molar-refractivity contribution < 1.29 is 105 Å². The fourth-order valence-electron chi connectivity index (χ4n) is 3.12. The Morgan fingerprint density at radius 3 is 1.15 bits per heavy atom. The van der Waals surface area contributed by atoms with Crippen LogP contribution in [0, 0.1) is 0 Å². The molecule has 0 saturated heterocycles. The van der Waals surface area contributed by atoms with Crippen molar-refractivity contribution in [3.63, 3.8) is 0 Å². The fraction of sp³-hybridized carbons (Fsp3) is 0.714. The van der Waals surface area contributed by atoms with Crippen LogP contribution in [0.2, 0.25) is 0 Å². The normalized spacial score (nSPS) is 15.4. The number of benzene rings is 1. The third-order valence-corrected chi connectivity index (χ3v) is 7.79. The van der Waals surface area contributed by atoms with Crippen LogP contribution < -0.4 is 4.74 Å². The summed E-state index contributed by atoms with van der Waals surface area (Å²) in [4.78, 5) is -2.20. The van der Waals surface area contributed by atoms with Crippen molar-refractivity contribution in [2.45, 2.75) is 89.9 Å². The van der Waals surface area contributed by atoms with E-state index in [2.05, 4.69) is 0 Å². The molecule has 26 heteroatoms. The molecule has 1 aromatic rings. The number of rotatable bonds is 15. The van der Waals surface area contributed by atoms with E-state index in [1.165, 1.54) is 0 Å². The molecule has 1 rings (SSSR count). The zero-order valence-corrected chi connectivity index (χ0v) is 22.5. The van der Waals surface area contributed by atoms with Crippen molar-refractivity contribution in [1.82, 2.24) is 0 Å². The van der Waals surface area contributed by atoms with Crippen molar-refractivity contribution >= 4 is 39.4 Å².